The van der Waals surface area contributed by atoms with Gasteiger partial charge in [0, 0.05) is 41.6 Å². The first-order chi connectivity index (χ1) is 18.0. The quantitative estimate of drug-likeness (QED) is 0.290. The number of nitrogen functional groups attached to an aromatic ring is 1. The number of rotatable bonds is 4. The number of carbonyl (C=O) groups excluding carboxylic acids is 1. The third kappa shape index (κ3) is 4.71. The van der Waals surface area contributed by atoms with Crippen molar-refractivity contribution in [3.8, 4) is 23.0 Å². The molecule has 7 nitrogen and oxygen atoms in total. The van der Waals surface area contributed by atoms with Gasteiger partial charge in [0.1, 0.15) is 11.6 Å². The van der Waals surface area contributed by atoms with Crippen molar-refractivity contribution in [3.05, 3.63) is 101 Å². The molecule has 3 heterocycles. The van der Waals surface area contributed by atoms with Gasteiger partial charge in [-0.05, 0) is 52.9 Å². The van der Waals surface area contributed by atoms with Crippen molar-refractivity contribution in [1.29, 1.82) is 0 Å². The summed E-state index contributed by atoms with van der Waals surface area (Å²) >= 11 is 1.52. The van der Waals surface area contributed by atoms with Crippen LogP contribution in [0.15, 0.2) is 78.6 Å². The second-order valence-corrected chi connectivity index (χ2v) is 8.99. The molecule has 0 spiro atoms. The molecule has 2 amide bonds. The van der Waals surface area contributed by atoms with Crippen molar-refractivity contribution >= 4 is 44.6 Å². The number of primary amides is 1. The normalized spacial score (nSPS) is 10.6. The lowest BCUT2D eigenvalue weighted by molar-refractivity contribution is 0.256. The van der Waals surface area contributed by atoms with E-state index < -0.39 is 11.8 Å². The lowest BCUT2D eigenvalue weighted by Gasteiger charge is -2.22. The fourth-order valence-corrected chi connectivity index (χ4v) is 5.03. The molecule has 0 aliphatic rings. The largest absolute Gasteiger partial charge is 0.383 e. The molecule has 0 bridgehead atoms. The van der Waals surface area contributed by atoms with Crippen LogP contribution < -0.4 is 22.1 Å². The van der Waals surface area contributed by atoms with E-state index in [0.29, 0.717) is 17.1 Å². The number of pyridine rings is 2. The zero-order chi connectivity index (χ0) is 25.9. The number of aromatic nitrogens is 2. The minimum atomic E-state index is -0.812. The topological polar surface area (TPSA) is 124 Å². The predicted molar refractivity (Wildman–Crippen MR) is 146 cm³/mol. The number of thiophene rings is 1. The third-order valence-corrected chi connectivity index (χ3v) is 6.80. The molecule has 9 heteroatoms. The van der Waals surface area contributed by atoms with Crippen molar-refractivity contribution in [1.82, 2.24) is 9.97 Å². The number of hydrogen-bond donors (Lipinski definition) is 3. The standard InChI is InChI=1S/C28H21FN6OS/c29-23-8-2-18(14-30)13-24(23)35(28(32)36)21-6-4-19(5-7-21)22-16-37-26-20(15-34-27(31)25(22)26)3-1-17-9-11-33-12-10-17/h2,4-13,15-16H,14,30H2,(H2,31,34)(H2,32,36). The molecule has 0 aliphatic heterocycles. The molecule has 0 unspecified atom stereocenters. The Morgan fingerprint density at radius 3 is 2.51 bits per heavy atom. The first kappa shape index (κ1) is 23.9. The number of hydrogen-bond acceptors (Lipinski definition) is 6. The van der Waals surface area contributed by atoms with E-state index in [1.54, 1.807) is 36.8 Å². The minimum Gasteiger partial charge on any atom is -0.383 e. The zero-order valence-corrected chi connectivity index (χ0v) is 20.3. The number of nitrogens with two attached hydrogens (primary N) is 3. The SMILES string of the molecule is NCc1ccc(F)c(N(C(N)=O)c2ccc(-c3csc4c(C#Cc5ccncc5)cnc(N)c34)cc2)c1. The van der Waals surface area contributed by atoms with E-state index in [4.69, 9.17) is 17.2 Å². The Hall–Kier alpha value is -4.78. The number of halogens is 1. The maximum Gasteiger partial charge on any atom is 0.323 e. The molecule has 0 radical (unpaired) electrons. The number of carbonyl (C=O) groups is 1. The summed E-state index contributed by atoms with van der Waals surface area (Å²) in [6.45, 7) is 0.203. The summed E-state index contributed by atoms with van der Waals surface area (Å²) in [5.74, 6) is 6.12. The maximum absolute atomic E-state index is 14.6. The van der Waals surface area contributed by atoms with E-state index in [1.165, 1.54) is 23.5 Å². The highest BCUT2D eigenvalue weighted by atomic mass is 32.1. The van der Waals surface area contributed by atoms with Gasteiger partial charge in [-0.15, -0.1) is 11.3 Å². The van der Waals surface area contributed by atoms with Gasteiger partial charge in [0.2, 0.25) is 0 Å². The highest BCUT2D eigenvalue weighted by Crippen LogP contribution is 2.39. The van der Waals surface area contributed by atoms with E-state index in [9.17, 15) is 9.18 Å². The first-order valence-corrected chi connectivity index (χ1v) is 12.1. The van der Waals surface area contributed by atoms with Crippen LogP contribution in [-0.4, -0.2) is 16.0 Å². The second-order valence-electron chi connectivity index (χ2n) is 8.11. The lowest BCUT2D eigenvalue weighted by Crippen LogP contribution is -2.32. The van der Waals surface area contributed by atoms with E-state index >= 15 is 0 Å². The van der Waals surface area contributed by atoms with Crippen LogP contribution in [0.4, 0.5) is 26.4 Å². The van der Waals surface area contributed by atoms with Crippen LogP contribution >= 0.6 is 11.3 Å². The third-order valence-electron chi connectivity index (χ3n) is 5.79. The fourth-order valence-electron chi connectivity index (χ4n) is 3.98. The van der Waals surface area contributed by atoms with Crippen molar-refractivity contribution < 1.29 is 9.18 Å². The molecule has 0 saturated heterocycles. The van der Waals surface area contributed by atoms with Gasteiger partial charge in [0.05, 0.1) is 21.6 Å². The van der Waals surface area contributed by atoms with Crippen LogP contribution in [0.2, 0.25) is 0 Å². The van der Waals surface area contributed by atoms with E-state index in [0.717, 1.165) is 37.2 Å². The highest BCUT2D eigenvalue weighted by molar-refractivity contribution is 7.18. The van der Waals surface area contributed by atoms with E-state index in [2.05, 4.69) is 21.8 Å². The molecule has 3 aromatic heterocycles. The van der Waals surface area contributed by atoms with Crippen LogP contribution in [-0.2, 0) is 6.54 Å². The Bertz CT molecular complexity index is 1670. The zero-order valence-electron chi connectivity index (χ0n) is 19.5. The van der Waals surface area contributed by atoms with Gasteiger partial charge in [-0.1, -0.05) is 30.0 Å². The van der Waals surface area contributed by atoms with Crippen molar-refractivity contribution in [2.24, 2.45) is 11.5 Å². The van der Waals surface area contributed by atoms with Gasteiger partial charge >= 0.3 is 6.03 Å². The number of benzene rings is 2. The average molecular weight is 509 g/mol. The lowest BCUT2D eigenvalue weighted by atomic mass is 10.0. The van der Waals surface area contributed by atoms with Crippen LogP contribution in [0.25, 0.3) is 21.2 Å². The summed E-state index contributed by atoms with van der Waals surface area (Å²) in [5.41, 5.74) is 22.1. The number of nitrogens with zero attached hydrogens (tertiary/aromatic N) is 3. The smallest absolute Gasteiger partial charge is 0.323 e. The van der Waals surface area contributed by atoms with Crippen molar-refractivity contribution in [2.75, 3.05) is 10.6 Å². The van der Waals surface area contributed by atoms with Crippen LogP contribution in [0.3, 0.4) is 0 Å². The monoisotopic (exact) mass is 508 g/mol. The number of amides is 2. The van der Waals surface area contributed by atoms with Gasteiger partial charge in [0.15, 0.2) is 0 Å². The summed E-state index contributed by atoms with van der Waals surface area (Å²) in [6, 6.07) is 14.3. The molecular weight excluding hydrogens is 487 g/mol. The molecule has 0 fully saturated rings. The average Bonchev–Trinajstić information content (AvgIpc) is 3.37. The van der Waals surface area contributed by atoms with Crippen molar-refractivity contribution in [3.63, 3.8) is 0 Å². The summed E-state index contributed by atoms with van der Waals surface area (Å²) in [4.78, 5) is 21.8. The number of urea groups is 1. The van der Waals surface area contributed by atoms with E-state index in [1.807, 2.05) is 29.6 Å². The minimum absolute atomic E-state index is 0.0371. The van der Waals surface area contributed by atoms with Crippen LogP contribution in [0, 0.1) is 17.7 Å². The summed E-state index contributed by atoms with van der Waals surface area (Å²) in [5, 5.41) is 2.79. The predicted octanol–water partition coefficient (Wildman–Crippen LogP) is 5.15. The molecule has 5 rings (SSSR count). The Kier molecular flexibility index (Phi) is 6.51. The Labute approximate surface area is 216 Å². The van der Waals surface area contributed by atoms with Gasteiger partial charge in [-0.2, -0.15) is 0 Å². The fraction of sp³-hybridized carbons (Fsp3) is 0.0357. The number of anilines is 3. The molecule has 5 aromatic rings. The summed E-state index contributed by atoms with van der Waals surface area (Å²) in [7, 11) is 0. The molecule has 6 N–H and O–H groups in total. The van der Waals surface area contributed by atoms with Gasteiger partial charge in [-0.3, -0.25) is 9.88 Å². The highest BCUT2D eigenvalue weighted by Gasteiger charge is 2.20. The van der Waals surface area contributed by atoms with Gasteiger partial charge < -0.3 is 17.2 Å². The molecular formula is C28H21FN6OS. The van der Waals surface area contributed by atoms with Crippen LogP contribution in [0.5, 0.6) is 0 Å². The van der Waals surface area contributed by atoms with Gasteiger partial charge in [-0.25, -0.2) is 14.2 Å². The Morgan fingerprint density at radius 1 is 1.05 bits per heavy atom. The Morgan fingerprint density at radius 2 is 1.81 bits per heavy atom. The summed E-state index contributed by atoms with van der Waals surface area (Å²) < 4.78 is 15.5. The first-order valence-electron chi connectivity index (χ1n) is 11.2. The molecule has 0 saturated carbocycles. The number of fused-ring (bicyclic) bond motifs is 1. The summed E-state index contributed by atoms with van der Waals surface area (Å²) in [6.07, 6.45) is 5.05. The molecule has 0 aliphatic carbocycles. The van der Waals surface area contributed by atoms with Crippen LogP contribution in [0.1, 0.15) is 16.7 Å². The second kappa shape index (κ2) is 10.1. The molecule has 2 aromatic carbocycles. The maximum atomic E-state index is 14.6. The molecule has 0 atom stereocenters. The Balaban J connectivity index is 1.53. The van der Waals surface area contributed by atoms with E-state index in [-0.39, 0.29) is 12.2 Å². The van der Waals surface area contributed by atoms with Crippen molar-refractivity contribution in [2.45, 2.75) is 6.54 Å². The molecule has 182 valence electrons. The molecule has 37 heavy (non-hydrogen) atoms. The van der Waals surface area contributed by atoms with Gasteiger partial charge in [0.25, 0.3) is 0 Å².